The van der Waals surface area contributed by atoms with Gasteiger partial charge in [-0.1, -0.05) is 17.9 Å². The molecule has 0 bridgehead atoms. The molecule has 0 atom stereocenters. The second kappa shape index (κ2) is 7.27. The number of aromatic nitrogens is 1. The van der Waals surface area contributed by atoms with E-state index in [1.54, 1.807) is 24.5 Å². The molecule has 0 saturated heterocycles. The van der Waals surface area contributed by atoms with Gasteiger partial charge in [-0.2, -0.15) is 0 Å². The predicted molar refractivity (Wildman–Crippen MR) is 75.8 cm³/mol. The number of nitrogens with zero attached hydrogens (tertiary/aromatic N) is 1. The molecule has 0 saturated carbocycles. The molecule has 0 amide bonds. The van der Waals surface area contributed by atoms with Crippen molar-refractivity contribution in [3.8, 4) is 17.6 Å². The number of halogens is 1. The fourth-order valence-corrected chi connectivity index (χ4v) is 1.67. The van der Waals surface area contributed by atoms with Gasteiger partial charge < -0.3 is 10.5 Å². The van der Waals surface area contributed by atoms with Crippen LogP contribution >= 0.6 is 0 Å². The van der Waals surface area contributed by atoms with Crippen molar-refractivity contribution in [2.75, 3.05) is 13.2 Å². The maximum Gasteiger partial charge on any atom is 0.142 e. The highest BCUT2D eigenvalue weighted by Gasteiger charge is 2.02. The zero-order valence-corrected chi connectivity index (χ0v) is 11.0. The van der Waals surface area contributed by atoms with Crippen LogP contribution in [-0.2, 0) is 6.42 Å². The lowest BCUT2D eigenvalue weighted by atomic mass is 10.2. The topological polar surface area (TPSA) is 48.1 Å². The van der Waals surface area contributed by atoms with E-state index in [1.807, 2.05) is 12.1 Å². The van der Waals surface area contributed by atoms with Crippen molar-refractivity contribution in [3.63, 3.8) is 0 Å². The van der Waals surface area contributed by atoms with E-state index < -0.39 is 5.82 Å². The van der Waals surface area contributed by atoms with Gasteiger partial charge in [0.05, 0.1) is 18.7 Å². The number of rotatable bonds is 4. The van der Waals surface area contributed by atoms with Gasteiger partial charge in [0.15, 0.2) is 0 Å². The summed E-state index contributed by atoms with van der Waals surface area (Å²) < 4.78 is 19.2. The van der Waals surface area contributed by atoms with E-state index in [0.717, 1.165) is 12.0 Å². The first kappa shape index (κ1) is 14.0. The van der Waals surface area contributed by atoms with Crippen LogP contribution in [-0.4, -0.2) is 18.1 Å². The molecular weight excluding hydrogens is 255 g/mol. The molecule has 20 heavy (non-hydrogen) atoms. The average molecular weight is 270 g/mol. The summed E-state index contributed by atoms with van der Waals surface area (Å²) in [5.41, 5.74) is 6.66. The van der Waals surface area contributed by atoms with Crippen molar-refractivity contribution < 1.29 is 9.13 Å². The maximum atomic E-state index is 13.7. The molecule has 0 fully saturated rings. The number of benzene rings is 1. The van der Waals surface area contributed by atoms with Crippen LogP contribution < -0.4 is 10.5 Å². The Bertz CT molecular complexity index is 617. The largest absolute Gasteiger partial charge is 0.493 e. The first-order chi connectivity index (χ1) is 9.79. The van der Waals surface area contributed by atoms with Crippen molar-refractivity contribution in [2.45, 2.75) is 6.42 Å². The first-order valence-electron chi connectivity index (χ1n) is 6.30. The van der Waals surface area contributed by atoms with Crippen molar-refractivity contribution in [3.05, 3.63) is 59.7 Å². The van der Waals surface area contributed by atoms with Crippen molar-refractivity contribution in [1.82, 2.24) is 4.98 Å². The van der Waals surface area contributed by atoms with Crippen LogP contribution in [0, 0.1) is 17.7 Å². The van der Waals surface area contributed by atoms with E-state index >= 15 is 0 Å². The van der Waals surface area contributed by atoms with Crippen LogP contribution in [0.4, 0.5) is 4.39 Å². The van der Waals surface area contributed by atoms with Gasteiger partial charge in [-0.15, -0.1) is 0 Å². The third-order valence-electron chi connectivity index (χ3n) is 2.65. The molecule has 4 heteroatoms. The smallest absolute Gasteiger partial charge is 0.142 e. The van der Waals surface area contributed by atoms with Crippen molar-refractivity contribution >= 4 is 0 Å². The SMILES string of the molecule is NCC#Cc1ccc(OCCc2cccnc2)cc1F. The zero-order chi connectivity index (χ0) is 14.2. The third-order valence-corrected chi connectivity index (χ3v) is 2.65. The molecule has 0 spiro atoms. The molecule has 0 unspecified atom stereocenters. The molecular formula is C16H15FN2O. The van der Waals surface area contributed by atoms with Crippen molar-refractivity contribution in [2.24, 2.45) is 5.73 Å². The van der Waals surface area contributed by atoms with Gasteiger partial charge in [0, 0.05) is 24.9 Å². The highest BCUT2D eigenvalue weighted by molar-refractivity contribution is 5.39. The highest BCUT2D eigenvalue weighted by atomic mass is 19.1. The Kier molecular flexibility index (Phi) is 5.10. The van der Waals surface area contributed by atoms with E-state index in [4.69, 9.17) is 10.5 Å². The van der Waals surface area contributed by atoms with Gasteiger partial charge >= 0.3 is 0 Å². The summed E-state index contributed by atoms with van der Waals surface area (Å²) in [6.07, 6.45) is 4.24. The van der Waals surface area contributed by atoms with Crippen LogP contribution in [0.15, 0.2) is 42.7 Å². The molecule has 2 aromatic rings. The summed E-state index contributed by atoms with van der Waals surface area (Å²) in [6.45, 7) is 0.682. The number of nitrogens with two attached hydrogens (primary N) is 1. The van der Waals surface area contributed by atoms with Gasteiger partial charge in [0.2, 0.25) is 0 Å². The summed E-state index contributed by atoms with van der Waals surface area (Å²) in [6, 6.07) is 8.48. The molecule has 0 aliphatic heterocycles. The molecule has 2 N–H and O–H groups in total. The molecule has 2 rings (SSSR count). The lowest BCUT2D eigenvalue weighted by Gasteiger charge is -2.06. The zero-order valence-electron chi connectivity index (χ0n) is 11.0. The Morgan fingerprint density at radius 1 is 1.30 bits per heavy atom. The predicted octanol–water partition coefficient (Wildman–Crippen LogP) is 2.15. The molecule has 0 aliphatic carbocycles. The number of hydrogen-bond donors (Lipinski definition) is 1. The summed E-state index contributed by atoms with van der Waals surface area (Å²) in [4.78, 5) is 4.02. The average Bonchev–Trinajstić information content (AvgIpc) is 2.47. The molecule has 1 aromatic heterocycles. The van der Waals surface area contributed by atoms with Crippen LogP contribution in [0.2, 0.25) is 0 Å². The molecule has 3 nitrogen and oxygen atoms in total. The Hall–Kier alpha value is -2.38. The second-order valence-corrected chi connectivity index (χ2v) is 4.11. The standard InChI is InChI=1S/C16H15FN2O/c17-16-11-15(6-5-14(16)4-1-8-18)20-10-7-13-3-2-9-19-12-13/h2-3,5-6,9,11-12H,7-8,10,18H2. The minimum absolute atomic E-state index is 0.211. The van der Waals surface area contributed by atoms with E-state index in [-0.39, 0.29) is 6.54 Å². The van der Waals surface area contributed by atoms with Crippen LogP contribution in [0.3, 0.4) is 0 Å². The molecule has 1 aromatic carbocycles. The summed E-state index contributed by atoms with van der Waals surface area (Å²) in [5, 5.41) is 0. The van der Waals surface area contributed by atoms with E-state index in [9.17, 15) is 4.39 Å². The maximum absolute atomic E-state index is 13.7. The minimum atomic E-state index is -0.398. The normalized spacial score (nSPS) is 9.70. The van der Waals surface area contributed by atoms with Crippen molar-refractivity contribution in [1.29, 1.82) is 0 Å². The Morgan fingerprint density at radius 2 is 2.20 bits per heavy atom. The molecule has 1 heterocycles. The van der Waals surface area contributed by atoms with Crippen LogP contribution in [0.25, 0.3) is 0 Å². The van der Waals surface area contributed by atoms with Gasteiger partial charge in [0.25, 0.3) is 0 Å². The molecule has 102 valence electrons. The monoisotopic (exact) mass is 270 g/mol. The van der Waals surface area contributed by atoms with Gasteiger partial charge in [-0.05, 0) is 23.8 Å². The van der Waals surface area contributed by atoms with Gasteiger partial charge in [-0.25, -0.2) is 4.39 Å². The minimum Gasteiger partial charge on any atom is -0.493 e. The van der Waals surface area contributed by atoms with Gasteiger partial charge in [0.1, 0.15) is 11.6 Å². The van der Waals surface area contributed by atoms with E-state index in [1.165, 1.54) is 6.07 Å². The summed E-state index contributed by atoms with van der Waals surface area (Å²) >= 11 is 0. The summed E-state index contributed by atoms with van der Waals surface area (Å²) in [5.74, 6) is 5.38. The highest BCUT2D eigenvalue weighted by Crippen LogP contribution is 2.16. The van der Waals surface area contributed by atoms with Gasteiger partial charge in [-0.3, -0.25) is 4.98 Å². The fourth-order valence-electron chi connectivity index (χ4n) is 1.67. The van der Waals surface area contributed by atoms with Crippen LogP contribution in [0.1, 0.15) is 11.1 Å². The number of pyridine rings is 1. The first-order valence-corrected chi connectivity index (χ1v) is 6.30. The lowest BCUT2D eigenvalue weighted by molar-refractivity contribution is 0.320. The lowest BCUT2D eigenvalue weighted by Crippen LogP contribution is -2.02. The van der Waals surface area contributed by atoms with E-state index in [2.05, 4.69) is 16.8 Å². The Labute approximate surface area is 117 Å². The number of hydrogen-bond acceptors (Lipinski definition) is 3. The fraction of sp³-hybridized carbons (Fsp3) is 0.188. The molecule has 0 aliphatic rings. The quantitative estimate of drug-likeness (QED) is 0.866. The molecule has 0 radical (unpaired) electrons. The third kappa shape index (κ3) is 4.08. The Morgan fingerprint density at radius 3 is 2.90 bits per heavy atom. The Balaban J connectivity index is 1.92. The summed E-state index contributed by atoms with van der Waals surface area (Å²) in [7, 11) is 0. The van der Waals surface area contributed by atoms with E-state index in [0.29, 0.717) is 17.9 Å². The number of ether oxygens (including phenoxy) is 1. The van der Waals surface area contributed by atoms with Crippen LogP contribution in [0.5, 0.6) is 5.75 Å². The second-order valence-electron chi connectivity index (χ2n) is 4.11.